The molecule has 4 aromatic carbocycles. The molecular weight excluding hydrogens is 735 g/mol. The third kappa shape index (κ3) is 7.65. The molecule has 0 saturated carbocycles. The van der Waals surface area contributed by atoms with Gasteiger partial charge in [-0.25, -0.2) is 9.59 Å². The number of carbonyl (C=O) groups excluding carboxylic acids is 2. The number of hydrogen-bond acceptors (Lipinski definition) is 5. The Balaban J connectivity index is 1.33. The minimum Gasteiger partial charge on any atom is -0.478 e. The number of carboxylic acid groups (broad SMARTS) is 1. The van der Waals surface area contributed by atoms with Gasteiger partial charge in [0.05, 0.1) is 28.7 Å². The molecule has 10 nitrogen and oxygen atoms in total. The number of carboxylic acids is 1. The zero-order chi connectivity index (χ0) is 38.8. The highest BCUT2D eigenvalue weighted by Gasteiger charge is 2.33. The largest absolute Gasteiger partial charge is 0.478 e. The number of anilines is 2. The first-order chi connectivity index (χ1) is 26.5. The molecule has 2 aliphatic heterocycles. The van der Waals surface area contributed by atoms with Gasteiger partial charge in [0.1, 0.15) is 5.69 Å². The van der Waals surface area contributed by atoms with Gasteiger partial charge < -0.3 is 35.4 Å². The minimum atomic E-state index is -1.11. The molecule has 5 aromatic rings. The van der Waals surface area contributed by atoms with Crippen LogP contribution in [0, 0.1) is 0 Å². The van der Waals surface area contributed by atoms with E-state index in [0.29, 0.717) is 58.7 Å². The lowest BCUT2D eigenvalue weighted by molar-refractivity contribution is 0.0696. The second-order valence-electron chi connectivity index (χ2n) is 13.9. The maximum atomic E-state index is 14.8. The summed E-state index contributed by atoms with van der Waals surface area (Å²) in [5.74, 6) is -1.57. The van der Waals surface area contributed by atoms with E-state index >= 15 is 0 Å². The van der Waals surface area contributed by atoms with Crippen LogP contribution in [0.2, 0.25) is 10.0 Å². The lowest BCUT2D eigenvalue weighted by Gasteiger charge is -2.38. The Morgan fingerprint density at radius 1 is 0.945 bits per heavy atom. The average molecular weight is 778 g/mol. The highest BCUT2D eigenvalue weighted by Crippen LogP contribution is 2.42. The molecule has 282 valence electrons. The molecular formula is C43H42Cl2N6O4. The van der Waals surface area contributed by atoms with Gasteiger partial charge in [0, 0.05) is 58.7 Å². The molecule has 0 aliphatic carbocycles. The quantitative estimate of drug-likeness (QED) is 0.106. The van der Waals surface area contributed by atoms with Crippen molar-refractivity contribution in [3.05, 3.63) is 142 Å². The first-order valence-corrected chi connectivity index (χ1v) is 19.0. The second-order valence-corrected chi connectivity index (χ2v) is 14.7. The normalized spacial score (nSPS) is 15.7. The number of halogens is 2. The van der Waals surface area contributed by atoms with E-state index < -0.39 is 11.9 Å². The Kier molecular flexibility index (Phi) is 10.9. The van der Waals surface area contributed by atoms with E-state index in [4.69, 9.17) is 23.2 Å². The number of aromatic nitrogens is 1. The van der Waals surface area contributed by atoms with Gasteiger partial charge in [-0.1, -0.05) is 78.3 Å². The number of amides is 3. The smallest absolute Gasteiger partial charge is 0.335 e. The standard InChI is InChI=1S/C43H42Cl2N6O4/c1-4-50(27(3)29-10-13-31(44)14-11-29)40(26(2)28-8-6-5-7-9-28)38-34-16-15-32(45)25-35(34)47-39(38)41(52)48-36-24-30(42(53)54)12-17-37(36)49-21-18-33(19-22-49)51-23-20-46-43(51)55/h4-17,24-25,27,33,47H,1,18-23H2,2-3H3,(H,46,55)(H,48,52)(H,53,54)/b40-26+. The van der Waals surface area contributed by atoms with Crippen LogP contribution in [-0.4, -0.2) is 70.0 Å². The highest BCUT2D eigenvalue weighted by molar-refractivity contribution is 6.31. The molecule has 2 aliphatic rings. The molecule has 0 radical (unpaired) electrons. The summed E-state index contributed by atoms with van der Waals surface area (Å²) in [5.41, 5.74) is 6.24. The number of hydrogen-bond donors (Lipinski definition) is 4. The van der Waals surface area contributed by atoms with Crippen molar-refractivity contribution >= 4 is 74.7 Å². The fraction of sp³-hybridized carbons (Fsp3) is 0.233. The third-order valence-corrected chi connectivity index (χ3v) is 11.1. The molecule has 2 saturated heterocycles. The Bertz CT molecular complexity index is 2300. The predicted molar refractivity (Wildman–Crippen MR) is 221 cm³/mol. The number of fused-ring (bicyclic) bond motifs is 1. The number of allylic oxidation sites excluding steroid dienone is 1. The molecule has 55 heavy (non-hydrogen) atoms. The highest BCUT2D eigenvalue weighted by atomic mass is 35.5. The van der Waals surface area contributed by atoms with Crippen molar-refractivity contribution in [1.29, 1.82) is 0 Å². The van der Waals surface area contributed by atoms with E-state index in [1.807, 2.05) is 72.5 Å². The molecule has 4 N–H and O–H groups in total. The number of nitrogens with zero attached hydrogens (tertiary/aromatic N) is 3. The van der Waals surface area contributed by atoms with Crippen LogP contribution in [0.25, 0.3) is 22.2 Å². The molecule has 12 heteroatoms. The third-order valence-electron chi connectivity index (χ3n) is 10.6. The number of rotatable bonds is 11. The Labute approximate surface area is 330 Å². The van der Waals surface area contributed by atoms with Crippen LogP contribution in [0.3, 0.4) is 0 Å². The van der Waals surface area contributed by atoms with Gasteiger partial charge in [-0.05, 0) is 92.1 Å². The van der Waals surface area contributed by atoms with Crippen molar-refractivity contribution < 1.29 is 19.5 Å². The van der Waals surface area contributed by atoms with Crippen molar-refractivity contribution in [2.45, 2.75) is 38.8 Å². The van der Waals surface area contributed by atoms with Crippen molar-refractivity contribution in [2.75, 3.05) is 36.4 Å². The van der Waals surface area contributed by atoms with Gasteiger partial charge in [-0.15, -0.1) is 0 Å². The summed E-state index contributed by atoms with van der Waals surface area (Å²) in [6.07, 6.45) is 3.25. The summed E-state index contributed by atoms with van der Waals surface area (Å²) in [4.78, 5) is 48.9. The monoisotopic (exact) mass is 776 g/mol. The van der Waals surface area contributed by atoms with Gasteiger partial charge in [0.15, 0.2) is 0 Å². The minimum absolute atomic E-state index is 0.0406. The zero-order valence-electron chi connectivity index (χ0n) is 30.6. The van der Waals surface area contributed by atoms with Gasteiger partial charge in [0.25, 0.3) is 5.91 Å². The fourth-order valence-electron chi connectivity index (χ4n) is 7.75. The first-order valence-electron chi connectivity index (χ1n) is 18.3. The van der Waals surface area contributed by atoms with Crippen LogP contribution < -0.4 is 15.5 Å². The van der Waals surface area contributed by atoms with Gasteiger partial charge >= 0.3 is 12.0 Å². The molecule has 1 aromatic heterocycles. The summed E-state index contributed by atoms with van der Waals surface area (Å²) in [5, 5.41) is 17.9. The average Bonchev–Trinajstić information content (AvgIpc) is 3.80. The summed E-state index contributed by atoms with van der Waals surface area (Å²) in [7, 11) is 0. The molecule has 2 fully saturated rings. The van der Waals surface area contributed by atoms with E-state index in [-0.39, 0.29) is 29.4 Å². The van der Waals surface area contributed by atoms with Gasteiger partial charge in [-0.3, -0.25) is 4.79 Å². The van der Waals surface area contributed by atoms with Gasteiger partial charge in [-0.2, -0.15) is 0 Å². The molecule has 1 atom stereocenters. The van der Waals surface area contributed by atoms with Crippen molar-refractivity contribution in [2.24, 2.45) is 0 Å². The summed E-state index contributed by atoms with van der Waals surface area (Å²) < 4.78 is 0. The van der Waals surface area contributed by atoms with E-state index in [2.05, 4.69) is 38.9 Å². The van der Waals surface area contributed by atoms with E-state index in [9.17, 15) is 19.5 Å². The maximum Gasteiger partial charge on any atom is 0.335 e. The SMILES string of the molecule is C=CN(/C(=C(\C)c1ccccc1)c1c(C(=O)Nc2cc(C(=O)O)ccc2N2CCC(N3CCNC3=O)CC2)[nH]c2cc(Cl)ccc12)C(C)c1ccc(Cl)cc1. The Hall–Kier alpha value is -5.71. The Morgan fingerprint density at radius 2 is 1.65 bits per heavy atom. The van der Waals surface area contributed by atoms with E-state index in [0.717, 1.165) is 40.6 Å². The van der Waals surface area contributed by atoms with Crippen molar-refractivity contribution in [3.8, 4) is 0 Å². The number of aromatic carboxylic acids is 1. The Morgan fingerprint density at radius 3 is 2.31 bits per heavy atom. The second kappa shape index (κ2) is 15.9. The van der Waals surface area contributed by atoms with Crippen LogP contribution in [-0.2, 0) is 0 Å². The molecule has 1 unspecified atom stereocenters. The summed E-state index contributed by atoms with van der Waals surface area (Å²) in [6, 6.07) is 27.7. The maximum absolute atomic E-state index is 14.8. The molecule has 3 amide bonds. The van der Waals surface area contributed by atoms with E-state index in [1.54, 1.807) is 30.5 Å². The van der Waals surface area contributed by atoms with Crippen LogP contribution in [0.1, 0.15) is 70.3 Å². The number of piperidine rings is 1. The zero-order valence-corrected chi connectivity index (χ0v) is 32.1. The molecule has 0 bridgehead atoms. The van der Waals surface area contributed by atoms with Crippen LogP contribution in [0.15, 0.2) is 104 Å². The number of aromatic amines is 1. The molecule has 7 rings (SSSR count). The first kappa shape index (κ1) is 37.6. The number of carbonyl (C=O) groups is 3. The van der Waals surface area contributed by atoms with E-state index in [1.165, 1.54) is 6.07 Å². The fourth-order valence-corrected chi connectivity index (χ4v) is 8.05. The summed E-state index contributed by atoms with van der Waals surface area (Å²) in [6.45, 7) is 10.9. The van der Waals surface area contributed by atoms with Crippen molar-refractivity contribution in [1.82, 2.24) is 20.1 Å². The lowest BCUT2D eigenvalue weighted by atomic mass is 9.95. The lowest BCUT2D eigenvalue weighted by Crippen LogP contribution is -2.46. The van der Waals surface area contributed by atoms with Crippen LogP contribution >= 0.6 is 23.2 Å². The van der Waals surface area contributed by atoms with Crippen LogP contribution in [0.4, 0.5) is 16.2 Å². The number of H-pyrrole nitrogens is 1. The number of benzene rings is 4. The number of urea groups is 1. The predicted octanol–water partition coefficient (Wildman–Crippen LogP) is 9.51. The topological polar surface area (TPSA) is 121 Å². The van der Waals surface area contributed by atoms with Crippen LogP contribution in [0.5, 0.6) is 0 Å². The molecule has 0 spiro atoms. The molecule has 3 heterocycles. The van der Waals surface area contributed by atoms with Crippen molar-refractivity contribution in [3.63, 3.8) is 0 Å². The van der Waals surface area contributed by atoms with Gasteiger partial charge in [0.2, 0.25) is 0 Å². The summed E-state index contributed by atoms with van der Waals surface area (Å²) >= 11 is 12.8. The number of nitrogens with one attached hydrogen (secondary N) is 3.